The highest BCUT2D eigenvalue weighted by atomic mass is 32.2. The molecule has 4 heterocycles. The maximum absolute atomic E-state index is 12.6. The SMILES string of the molecule is CC(C)(O)c1sc(=S)sc1-c1cnc2nc(N3CCOCC3)[nH]c(=O)c2n1. The molecule has 1 aliphatic rings. The fourth-order valence-electron chi connectivity index (χ4n) is 2.79. The molecule has 0 aliphatic carbocycles. The summed E-state index contributed by atoms with van der Waals surface area (Å²) in [5.41, 5.74) is -0.458. The van der Waals surface area contributed by atoms with E-state index < -0.39 is 5.60 Å². The van der Waals surface area contributed by atoms with Crippen LogP contribution < -0.4 is 10.5 Å². The van der Waals surface area contributed by atoms with E-state index in [1.165, 1.54) is 22.7 Å². The summed E-state index contributed by atoms with van der Waals surface area (Å²) in [5.74, 6) is 0.473. The molecular formula is C16H17N5O3S3. The second kappa shape index (κ2) is 6.99. The number of aromatic nitrogens is 4. The highest BCUT2D eigenvalue weighted by molar-refractivity contribution is 7.76. The van der Waals surface area contributed by atoms with Gasteiger partial charge in [0.2, 0.25) is 5.95 Å². The quantitative estimate of drug-likeness (QED) is 0.619. The van der Waals surface area contributed by atoms with E-state index in [4.69, 9.17) is 17.0 Å². The summed E-state index contributed by atoms with van der Waals surface area (Å²) in [6, 6.07) is 0. The maximum atomic E-state index is 12.6. The molecule has 2 N–H and O–H groups in total. The highest BCUT2D eigenvalue weighted by Crippen LogP contribution is 2.39. The molecule has 0 unspecified atom stereocenters. The van der Waals surface area contributed by atoms with Crippen LogP contribution in [0.5, 0.6) is 0 Å². The Morgan fingerprint density at radius 1 is 1.30 bits per heavy atom. The van der Waals surface area contributed by atoms with Gasteiger partial charge in [0, 0.05) is 13.1 Å². The monoisotopic (exact) mass is 423 g/mol. The van der Waals surface area contributed by atoms with Crippen LogP contribution in [0, 0.1) is 3.14 Å². The predicted octanol–water partition coefficient (Wildman–Crippen LogP) is 2.30. The van der Waals surface area contributed by atoms with Gasteiger partial charge in [0.05, 0.1) is 34.8 Å². The highest BCUT2D eigenvalue weighted by Gasteiger charge is 2.25. The number of ether oxygens (including phenoxy) is 1. The summed E-state index contributed by atoms with van der Waals surface area (Å²) >= 11 is 7.98. The Balaban J connectivity index is 1.81. The Kier molecular flexibility index (Phi) is 4.80. The molecule has 0 aromatic carbocycles. The maximum Gasteiger partial charge on any atom is 0.280 e. The first-order valence-corrected chi connectivity index (χ1v) is 10.3. The zero-order chi connectivity index (χ0) is 19.2. The average molecular weight is 424 g/mol. The lowest BCUT2D eigenvalue weighted by atomic mass is 10.1. The van der Waals surface area contributed by atoms with Crippen molar-refractivity contribution in [2.75, 3.05) is 31.2 Å². The minimum atomic E-state index is -1.06. The van der Waals surface area contributed by atoms with Gasteiger partial charge in [-0.25, -0.2) is 9.97 Å². The third-order valence-corrected chi connectivity index (χ3v) is 7.07. The Hall–Kier alpha value is -1.79. The standard InChI is InChI=1S/C16H17N5O3S3/c1-16(2,23)11-10(26-15(25)27-11)8-7-17-12-9(18-8)13(22)20-14(19-12)21-3-5-24-6-4-21/h7,23H,3-6H2,1-2H3,(H,17,19,20,22). The van der Waals surface area contributed by atoms with Crippen molar-refractivity contribution in [2.45, 2.75) is 19.4 Å². The van der Waals surface area contributed by atoms with Gasteiger partial charge < -0.3 is 14.7 Å². The van der Waals surface area contributed by atoms with Crippen molar-refractivity contribution in [1.29, 1.82) is 0 Å². The molecule has 0 bridgehead atoms. The first kappa shape index (κ1) is 18.6. The second-order valence-corrected chi connectivity index (χ2v) is 9.81. The van der Waals surface area contributed by atoms with Gasteiger partial charge in [0.1, 0.15) is 8.83 Å². The number of H-pyrrole nitrogens is 1. The molecule has 3 aromatic heterocycles. The predicted molar refractivity (Wildman–Crippen MR) is 108 cm³/mol. The topological polar surface area (TPSA) is 104 Å². The number of anilines is 1. The van der Waals surface area contributed by atoms with Crippen LogP contribution in [0.1, 0.15) is 18.7 Å². The molecule has 8 nitrogen and oxygen atoms in total. The number of rotatable bonds is 3. The summed E-state index contributed by atoms with van der Waals surface area (Å²) < 4.78 is 6.01. The largest absolute Gasteiger partial charge is 0.385 e. The smallest absolute Gasteiger partial charge is 0.280 e. The van der Waals surface area contributed by atoms with E-state index in [9.17, 15) is 9.90 Å². The lowest BCUT2D eigenvalue weighted by Gasteiger charge is -2.26. The van der Waals surface area contributed by atoms with E-state index in [-0.39, 0.29) is 16.7 Å². The fourth-order valence-corrected chi connectivity index (χ4v) is 5.53. The van der Waals surface area contributed by atoms with Crippen LogP contribution in [0.15, 0.2) is 11.0 Å². The lowest BCUT2D eigenvalue weighted by molar-refractivity contribution is 0.0832. The molecule has 0 amide bonds. The van der Waals surface area contributed by atoms with Crippen LogP contribution in [-0.4, -0.2) is 51.3 Å². The van der Waals surface area contributed by atoms with Gasteiger partial charge in [0.15, 0.2) is 11.2 Å². The summed E-state index contributed by atoms with van der Waals surface area (Å²) in [5, 5.41) is 10.4. The molecule has 0 atom stereocenters. The number of nitrogens with zero attached hydrogens (tertiary/aromatic N) is 4. The minimum Gasteiger partial charge on any atom is -0.385 e. The second-order valence-electron chi connectivity index (χ2n) is 6.59. The number of aromatic amines is 1. The third kappa shape index (κ3) is 3.65. The van der Waals surface area contributed by atoms with Crippen LogP contribution >= 0.6 is 34.9 Å². The number of nitrogens with one attached hydrogen (secondary N) is 1. The van der Waals surface area contributed by atoms with Crippen molar-refractivity contribution >= 4 is 52.0 Å². The third-order valence-electron chi connectivity index (χ3n) is 4.08. The van der Waals surface area contributed by atoms with Gasteiger partial charge in [0.25, 0.3) is 5.56 Å². The Morgan fingerprint density at radius 2 is 2.04 bits per heavy atom. The van der Waals surface area contributed by atoms with Crippen LogP contribution in [-0.2, 0) is 10.3 Å². The summed E-state index contributed by atoms with van der Waals surface area (Å²) in [6.07, 6.45) is 1.57. The lowest BCUT2D eigenvalue weighted by Crippen LogP contribution is -2.38. The summed E-state index contributed by atoms with van der Waals surface area (Å²) in [7, 11) is 0. The van der Waals surface area contributed by atoms with E-state index in [1.807, 2.05) is 4.90 Å². The molecule has 0 spiro atoms. The molecule has 0 radical (unpaired) electrons. The number of morpholine rings is 1. The van der Waals surface area contributed by atoms with Crippen LogP contribution in [0.25, 0.3) is 21.7 Å². The van der Waals surface area contributed by atoms with Crippen molar-refractivity contribution in [3.05, 3.63) is 24.6 Å². The molecule has 27 heavy (non-hydrogen) atoms. The molecule has 11 heteroatoms. The normalized spacial score (nSPS) is 15.4. The van der Waals surface area contributed by atoms with Crippen LogP contribution in [0.4, 0.5) is 5.95 Å². The molecule has 1 fully saturated rings. The minimum absolute atomic E-state index is 0.163. The van der Waals surface area contributed by atoms with Crippen molar-refractivity contribution in [1.82, 2.24) is 19.9 Å². The number of fused-ring (bicyclic) bond motifs is 1. The van der Waals surface area contributed by atoms with Gasteiger partial charge >= 0.3 is 0 Å². The van der Waals surface area contributed by atoms with E-state index >= 15 is 0 Å². The fraction of sp³-hybridized carbons (Fsp3) is 0.438. The van der Waals surface area contributed by atoms with Crippen molar-refractivity contribution in [2.24, 2.45) is 0 Å². The first-order chi connectivity index (χ1) is 12.8. The molecule has 1 aliphatic heterocycles. The van der Waals surface area contributed by atoms with Gasteiger partial charge in [-0.05, 0) is 13.8 Å². The van der Waals surface area contributed by atoms with Crippen molar-refractivity contribution < 1.29 is 9.84 Å². The van der Waals surface area contributed by atoms with Crippen LogP contribution in [0.2, 0.25) is 0 Å². The van der Waals surface area contributed by atoms with E-state index in [0.29, 0.717) is 46.0 Å². The average Bonchev–Trinajstić information content (AvgIpc) is 3.04. The van der Waals surface area contributed by atoms with Gasteiger partial charge in [-0.3, -0.25) is 9.78 Å². The molecule has 3 aromatic rings. The zero-order valence-electron chi connectivity index (χ0n) is 14.7. The Bertz CT molecular complexity index is 1110. The van der Waals surface area contributed by atoms with Crippen molar-refractivity contribution in [3.8, 4) is 10.6 Å². The molecule has 0 saturated carbocycles. The van der Waals surface area contributed by atoms with Gasteiger partial charge in [-0.1, -0.05) is 12.2 Å². The van der Waals surface area contributed by atoms with E-state index in [0.717, 1.165) is 4.88 Å². The summed E-state index contributed by atoms with van der Waals surface area (Å²) in [6.45, 7) is 5.90. The zero-order valence-corrected chi connectivity index (χ0v) is 17.1. The van der Waals surface area contributed by atoms with Gasteiger partial charge in [-0.15, -0.1) is 22.7 Å². The number of hydrogen-bond donors (Lipinski definition) is 2. The number of aliphatic hydroxyl groups is 1. The molecule has 4 rings (SSSR count). The Labute approximate surface area is 167 Å². The molecular weight excluding hydrogens is 406 g/mol. The molecule has 142 valence electrons. The van der Waals surface area contributed by atoms with E-state index in [2.05, 4.69) is 19.9 Å². The molecule has 1 saturated heterocycles. The Morgan fingerprint density at radius 3 is 2.74 bits per heavy atom. The first-order valence-electron chi connectivity index (χ1n) is 8.30. The van der Waals surface area contributed by atoms with Crippen LogP contribution in [0.3, 0.4) is 0 Å². The van der Waals surface area contributed by atoms with E-state index in [1.54, 1.807) is 20.0 Å². The van der Waals surface area contributed by atoms with Gasteiger partial charge in [-0.2, -0.15) is 4.98 Å². The van der Waals surface area contributed by atoms with Crippen molar-refractivity contribution in [3.63, 3.8) is 0 Å². The number of hydrogen-bond acceptors (Lipinski definition) is 10. The summed E-state index contributed by atoms with van der Waals surface area (Å²) in [4.78, 5) is 32.0.